The van der Waals surface area contributed by atoms with E-state index < -0.39 is 17.0 Å². The summed E-state index contributed by atoms with van der Waals surface area (Å²) in [7, 11) is 1.96. The maximum Gasteiger partial charge on any atom is 0.197 e. The summed E-state index contributed by atoms with van der Waals surface area (Å²) in [4.78, 5) is 29.5. The van der Waals surface area contributed by atoms with Gasteiger partial charge >= 0.3 is 0 Å². The Balaban J connectivity index is 1.31. The largest absolute Gasteiger partial charge is 0.336 e. The van der Waals surface area contributed by atoms with E-state index in [2.05, 4.69) is 18.7 Å². The molecular formula is C34H23F2NO2S. The van der Waals surface area contributed by atoms with E-state index in [0.717, 1.165) is 37.5 Å². The minimum atomic E-state index is -0.605. The fourth-order valence-electron chi connectivity index (χ4n) is 5.96. The highest BCUT2D eigenvalue weighted by Gasteiger charge is 2.38. The second-order valence-electron chi connectivity index (χ2n) is 10.8. The topological polar surface area (TPSA) is 37.4 Å². The number of carbonyl (C=O) groups is 2. The van der Waals surface area contributed by atoms with Crippen LogP contribution in [0, 0.1) is 11.6 Å². The standard InChI is InChI=1S/C34H23F2NO2S/c1-34(2)25-15-20(30-27(35)9-6-10-28(30)36)11-12-29(25)37(3)33-26(34)17-21(40-33)16-24-31(38)22-13-18-7-4-5-8-19(18)14-23(22)32(24)39/h4-17H,1-3H3. The lowest BCUT2D eigenvalue weighted by atomic mass is 9.75. The van der Waals surface area contributed by atoms with Crippen molar-refractivity contribution in [3.63, 3.8) is 0 Å². The number of hydrogen-bond donors (Lipinski definition) is 0. The van der Waals surface area contributed by atoms with E-state index in [0.29, 0.717) is 16.7 Å². The summed E-state index contributed by atoms with van der Waals surface area (Å²) in [6.07, 6.45) is 1.70. The summed E-state index contributed by atoms with van der Waals surface area (Å²) < 4.78 is 29.2. The predicted molar refractivity (Wildman–Crippen MR) is 157 cm³/mol. The van der Waals surface area contributed by atoms with Crippen molar-refractivity contribution in [2.75, 3.05) is 11.9 Å². The molecule has 0 spiro atoms. The van der Waals surface area contributed by atoms with Crippen molar-refractivity contribution >= 4 is 50.4 Å². The van der Waals surface area contributed by atoms with Crippen LogP contribution in [0.15, 0.2) is 84.4 Å². The number of anilines is 2. The third-order valence-electron chi connectivity index (χ3n) is 8.14. The van der Waals surface area contributed by atoms with Crippen molar-refractivity contribution < 1.29 is 18.4 Å². The van der Waals surface area contributed by atoms with E-state index in [4.69, 9.17) is 0 Å². The Morgan fingerprint density at radius 3 is 2.02 bits per heavy atom. The molecule has 0 N–H and O–H groups in total. The zero-order valence-corrected chi connectivity index (χ0v) is 22.8. The maximum absolute atomic E-state index is 14.6. The van der Waals surface area contributed by atoms with E-state index in [1.165, 1.54) is 29.5 Å². The Labute approximate surface area is 234 Å². The van der Waals surface area contributed by atoms with Crippen LogP contribution < -0.4 is 4.90 Å². The van der Waals surface area contributed by atoms with Gasteiger partial charge in [-0.25, -0.2) is 8.78 Å². The summed E-state index contributed by atoms with van der Waals surface area (Å²) in [5.41, 5.74) is 3.87. The number of allylic oxidation sites excluding steroid dienone is 1. The normalized spacial score (nSPS) is 15.3. The van der Waals surface area contributed by atoms with Crippen LogP contribution in [0.5, 0.6) is 0 Å². The number of hydrogen-bond acceptors (Lipinski definition) is 4. The highest BCUT2D eigenvalue weighted by molar-refractivity contribution is 7.17. The summed E-state index contributed by atoms with van der Waals surface area (Å²) in [5, 5.41) is 2.84. The Kier molecular flexibility index (Phi) is 5.25. The molecule has 40 heavy (non-hydrogen) atoms. The molecule has 4 aromatic carbocycles. The van der Waals surface area contributed by atoms with Crippen LogP contribution >= 0.6 is 11.3 Å². The molecule has 0 unspecified atom stereocenters. The highest BCUT2D eigenvalue weighted by Crippen LogP contribution is 2.53. The number of Topliss-reactive ketones (excluding diaryl/α,β-unsaturated/α-hetero) is 2. The first-order chi connectivity index (χ1) is 19.1. The van der Waals surface area contributed by atoms with Gasteiger partial charge in [-0.3, -0.25) is 9.59 Å². The van der Waals surface area contributed by atoms with Crippen molar-refractivity contribution in [2.45, 2.75) is 19.3 Å². The molecule has 2 aliphatic rings. The molecule has 0 fully saturated rings. The zero-order valence-electron chi connectivity index (χ0n) is 22.0. The predicted octanol–water partition coefficient (Wildman–Crippen LogP) is 8.72. The minimum absolute atomic E-state index is 0.0456. The van der Waals surface area contributed by atoms with Crippen LogP contribution in [0.2, 0.25) is 0 Å². The van der Waals surface area contributed by atoms with Gasteiger partial charge in [-0.05, 0) is 76.0 Å². The van der Waals surface area contributed by atoms with E-state index >= 15 is 0 Å². The Morgan fingerprint density at radius 2 is 1.40 bits per heavy atom. The average molecular weight is 548 g/mol. The summed E-state index contributed by atoms with van der Waals surface area (Å²) in [6.45, 7) is 4.16. The molecule has 7 rings (SSSR count). The number of thiophene rings is 1. The van der Waals surface area contributed by atoms with Gasteiger partial charge in [-0.2, -0.15) is 0 Å². The first kappa shape index (κ1) is 24.6. The number of nitrogens with zero attached hydrogens (tertiary/aromatic N) is 1. The van der Waals surface area contributed by atoms with Gasteiger partial charge in [0.05, 0.1) is 16.1 Å². The second kappa shape index (κ2) is 8.54. The maximum atomic E-state index is 14.6. The SMILES string of the molecule is CN1c2ccc(-c3c(F)cccc3F)cc2C(C)(C)c2cc(C=C3C(=O)c4cc5ccccc5cc4C3=O)sc21. The zero-order chi connectivity index (χ0) is 27.9. The van der Waals surface area contributed by atoms with Crippen molar-refractivity contribution in [3.05, 3.63) is 123 Å². The third kappa shape index (κ3) is 3.45. The second-order valence-corrected chi connectivity index (χ2v) is 11.9. The molecule has 0 amide bonds. The third-order valence-corrected chi connectivity index (χ3v) is 9.30. The summed E-state index contributed by atoms with van der Waals surface area (Å²) in [6, 6.07) is 22.7. The molecule has 1 aromatic heterocycles. The molecule has 1 aliphatic heterocycles. The number of benzene rings is 4. The van der Waals surface area contributed by atoms with E-state index in [1.807, 2.05) is 49.5 Å². The molecule has 0 saturated carbocycles. The molecule has 196 valence electrons. The minimum Gasteiger partial charge on any atom is -0.336 e. The molecule has 6 heteroatoms. The van der Waals surface area contributed by atoms with Crippen molar-refractivity contribution in [2.24, 2.45) is 0 Å². The Bertz CT molecular complexity index is 1890. The van der Waals surface area contributed by atoms with Crippen molar-refractivity contribution in [1.82, 2.24) is 0 Å². The molecule has 2 heterocycles. The molecule has 0 bridgehead atoms. The van der Waals surface area contributed by atoms with Crippen molar-refractivity contribution in [3.8, 4) is 11.1 Å². The molecule has 0 atom stereocenters. The lowest BCUT2D eigenvalue weighted by Crippen LogP contribution is -2.29. The number of fused-ring (bicyclic) bond motifs is 4. The van der Waals surface area contributed by atoms with Gasteiger partial charge in [0, 0.05) is 34.2 Å². The van der Waals surface area contributed by atoms with Crippen LogP contribution in [0.1, 0.15) is 50.6 Å². The average Bonchev–Trinajstić information content (AvgIpc) is 3.47. The van der Waals surface area contributed by atoms with Crippen LogP contribution in [0.25, 0.3) is 28.0 Å². The quantitative estimate of drug-likeness (QED) is 0.164. The van der Waals surface area contributed by atoms with Crippen LogP contribution in [-0.2, 0) is 5.41 Å². The van der Waals surface area contributed by atoms with E-state index in [9.17, 15) is 18.4 Å². The molecular weight excluding hydrogens is 524 g/mol. The number of halogens is 2. The van der Waals surface area contributed by atoms with E-state index in [-0.39, 0.29) is 22.7 Å². The monoisotopic (exact) mass is 547 g/mol. The summed E-state index contributed by atoms with van der Waals surface area (Å²) >= 11 is 1.51. The molecule has 3 nitrogen and oxygen atoms in total. The van der Waals surface area contributed by atoms with Gasteiger partial charge in [0.1, 0.15) is 11.6 Å². The van der Waals surface area contributed by atoms with Gasteiger partial charge in [-0.1, -0.05) is 50.2 Å². The van der Waals surface area contributed by atoms with Crippen LogP contribution in [0.3, 0.4) is 0 Å². The van der Waals surface area contributed by atoms with Gasteiger partial charge in [-0.15, -0.1) is 11.3 Å². The highest BCUT2D eigenvalue weighted by atomic mass is 32.1. The van der Waals surface area contributed by atoms with Gasteiger partial charge in [0.2, 0.25) is 0 Å². The number of ketones is 2. The van der Waals surface area contributed by atoms with Crippen LogP contribution in [-0.4, -0.2) is 18.6 Å². The fraction of sp³-hybridized carbons (Fsp3) is 0.118. The lowest BCUT2D eigenvalue weighted by Gasteiger charge is -2.38. The molecule has 0 saturated heterocycles. The van der Waals surface area contributed by atoms with Crippen LogP contribution in [0.4, 0.5) is 19.5 Å². The Hall–Kier alpha value is -4.42. The summed E-state index contributed by atoms with van der Waals surface area (Å²) in [5.74, 6) is -1.73. The smallest absolute Gasteiger partial charge is 0.197 e. The first-order valence-corrected chi connectivity index (χ1v) is 13.8. The van der Waals surface area contributed by atoms with Gasteiger partial charge in [0.15, 0.2) is 11.6 Å². The van der Waals surface area contributed by atoms with Gasteiger partial charge in [0.25, 0.3) is 0 Å². The lowest BCUT2D eigenvalue weighted by molar-refractivity contribution is 0.0990. The molecule has 1 aliphatic carbocycles. The van der Waals surface area contributed by atoms with Gasteiger partial charge < -0.3 is 4.90 Å². The number of rotatable bonds is 2. The van der Waals surface area contributed by atoms with Crippen molar-refractivity contribution in [1.29, 1.82) is 0 Å². The molecule has 0 radical (unpaired) electrons. The fourth-order valence-corrected chi connectivity index (χ4v) is 7.20. The first-order valence-electron chi connectivity index (χ1n) is 13.0. The number of carbonyl (C=O) groups excluding carboxylic acids is 2. The Morgan fingerprint density at radius 1 is 0.775 bits per heavy atom. The van der Waals surface area contributed by atoms with E-state index in [1.54, 1.807) is 24.3 Å². The molecule has 5 aromatic rings.